The maximum absolute atomic E-state index is 13.3. The van der Waals surface area contributed by atoms with E-state index in [0.717, 1.165) is 57.3 Å². The zero-order chi connectivity index (χ0) is 22.4. The second-order valence-electron chi connectivity index (χ2n) is 8.99. The minimum atomic E-state index is -0.261. The van der Waals surface area contributed by atoms with E-state index in [4.69, 9.17) is 4.74 Å². The quantitative estimate of drug-likeness (QED) is 0.663. The molecule has 172 valence electrons. The summed E-state index contributed by atoms with van der Waals surface area (Å²) in [5.41, 5.74) is 1.01. The third-order valence-corrected chi connectivity index (χ3v) is 6.97. The number of amides is 2. The largest absolute Gasteiger partial charge is 0.375 e. The van der Waals surface area contributed by atoms with E-state index in [2.05, 4.69) is 4.90 Å². The van der Waals surface area contributed by atoms with E-state index in [-0.39, 0.29) is 42.2 Å². The van der Waals surface area contributed by atoms with Crippen molar-refractivity contribution >= 4 is 11.8 Å². The number of ether oxygens (including phenoxy) is 1. The van der Waals surface area contributed by atoms with Crippen molar-refractivity contribution in [1.82, 2.24) is 14.7 Å². The normalized spacial score (nSPS) is 21.7. The number of carbonyl (C=O) groups excluding carboxylic acids is 2. The van der Waals surface area contributed by atoms with Gasteiger partial charge in [-0.1, -0.05) is 18.6 Å². The Balaban J connectivity index is 1.66. The Bertz CT molecular complexity index is 734. The van der Waals surface area contributed by atoms with Crippen molar-refractivity contribution in [2.24, 2.45) is 5.92 Å². The topological polar surface area (TPSA) is 53.1 Å². The number of rotatable bonds is 7. The maximum atomic E-state index is 13.3. The molecule has 2 saturated heterocycles. The van der Waals surface area contributed by atoms with Gasteiger partial charge in [-0.2, -0.15) is 0 Å². The maximum Gasteiger partial charge on any atom is 0.248 e. The number of benzene rings is 1. The molecule has 2 aliphatic heterocycles. The minimum Gasteiger partial charge on any atom is -0.375 e. The summed E-state index contributed by atoms with van der Waals surface area (Å²) in [6.07, 6.45) is 5.60. The lowest BCUT2D eigenvalue weighted by atomic mass is 9.84. The van der Waals surface area contributed by atoms with Gasteiger partial charge in [-0.15, -0.1) is 0 Å². The van der Waals surface area contributed by atoms with Gasteiger partial charge in [0.1, 0.15) is 12.4 Å². The molecule has 6 nitrogen and oxygen atoms in total. The molecule has 3 rings (SSSR count). The fourth-order valence-corrected chi connectivity index (χ4v) is 4.99. The van der Waals surface area contributed by atoms with Gasteiger partial charge in [0.15, 0.2) is 0 Å². The second kappa shape index (κ2) is 11.0. The van der Waals surface area contributed by atoms with E-state index in [1.807, 2.05) is 19.0 Å². The number of piperidine rings is 2. The van der Waals surface area contributed by atoms with Crippen molar-refractivity contribution in [3.8, 4) is 0 Å². The molecule has 0 aromatic heterocycles. The zero-order valence-corrected chi connectivity index (χ0v) is 19.1. The van der Waals surface area contributed by atoms with Gasteiger partial charge in [0.05, 0.1) is 6.04 Å². The number of likely N-dealkylation sites (N-methyl/N-ethyl adjacent to an activating group) is 2. The van der Waals surface area contributed by atoms with Crippen LogP contribution in [0.1, 0.15) is 37.7 Å². The SMILES string of the molecule is COCC(=O)N(C)C(Cc1ccc(F)cc1)C1CCN(C(=O)C2CCCCN2C)CC1. The number of carbonyl (C=O) groups is 2. The first-order valence-corrected chi connectivity index (χ1v) is 11.4. The van der Waals surface area contributed by atoms with Crippen LogP contribution in [0, 0.1) is 11.7 Å². The van der Waals surface area contributed by atoms with Crippen LogP contribution in [0.15, 0.2) is 24.3 Å². The Morgan fingerprint density at radius 2 is 1.81 bits per heavy atom. The highest BCUT2D eigenvalue weighted by atomic mass is 19.1. The lowest BCUT2D eigenvalue weighted by molar-refractivity contribution is -0.141. The van der Waals surface area contributed by atoms with Crippen LogP contribution in [0.5, 0.6) is 0 Å². The van der Waals surface area contributed by atoms with E-state index >= 15 is 0 Å². The van der Waals surface area contributed by atoms with Crippen LogP contribution >= 0.6 is 0 Å². The molecule has 1 aromatic rings. The number of likely N-dealkylation sites (tertiary alicyclic amines) is 2. The molecule has 2 aliphatic rings. The molecule has 1 aromatic carbocycles. The fourth-order valence-electron chi connectivity index (χ4n) is 4.99. The first-order valence-electron chi connectivity index (χ1n) is 11.4. The zero-order valence-electron chi connectivity index (χ0n) is 19.1. The Morgan fingerprint density at radius 1 is 1.13 bits per heavy atom. The molecule has 0 aliphatic carbocycles. The van der Waals surface area contributed by atoms with E-state index < -0.39 is 0 Å². The van der Waals surface area contributed by atoms with Crippen LogP contribution in [-0.4, -0.2) is 86.0 Å². The number of hydrogen-bond acceptors (Lipinski definition) is 4. The number of methoxy groups -OCH3 is 1. The summed E-state index contributed by atoms with van der Waals surface area (Å²) < 4.78 is 18.4. The van der Waals surface area contributed by atoms with Crippen LogP contribution in [0.4, 0.5) is 4.39 Å². The van der Waals surface area contributed by atoms with Crippen molar-refractivity contribution in [1.29, 1.82) is 0 Å². The summed E-state index contributed by atoms with van der Waals surface area (Å²) in [6, 6.07) is 6.49. The predicted octanol–water partition coefficient (Wildman–Crippen LogP) is 2.56. The second-order valence-corrected chi connectivity index (χ2v) is 8.99. The van der Waals surface area contributed by atoms with Gasteiger partial charge in [-0.25, -0.2) is 4.39 Å². The molecular weight excluding hydrogens is 397 g/mol. The van der Waals surface area contributed by atoms with Crippen LogP contribution in [0.3, 0.4) is 0 Å². The average molecular weight is 434 g/mol. The van der Waals surface area contributed by atoms with E-state index in [0.29, 0.717) is 6.42 Å². The highest BCUT2D eigenvalue weighted by Gasteiger charge is 2.35. The third kappa shape index (κ3) is 6.04. The Kier molecular flexibility index (Phi) is 8.43. The molecule has 31 heavy (non-hydrogen) atoms. The van der Waals surface area contributed by atoms with Crippen molar-refractivity contribution in [3.05, 3.63) is 35.6 Å². The van der Waals surface area contributed by atoms with Crippen molar-refractivity contribution < 1.29 is 18.7 Å². The molecule has 0 N–H and O–H groups in total. The Morgan fingerprint density at radius 3 is 2.42 bits per heavy atom. The highest BCUT2D eigenvalue weighted by molar-refractivity contribution is 5.82. The summed E-state index contributed by atoms with van der Waals surface area (Å²) in [4.78, 5) is 31.6. The van der Waals surface area contributed by atoms with Gasteiger partial charge in [0.2, 0.25) is 11.8 Å². The summed E-state index contributed by atoms with van der Waals surface area (Å²) in [6.45, 7) is 2.47. The van der Waals surface area contributed by atoms with Crippen LogP contribution in [0.2, 0.25) is 0 Å². The van der Waals surface area contributed by atoms with E-state index in [1.165, 1.54) is 19.2 Å². The average Bonchev–Trinajstić information content (AvgIpc) is 2.78. The molecule has 2 atom stereocenters. The van der Waals surface area contributed by atoms with Gasteiger partial charge >= 0.3 is 0 Å². The molecule has 0 bridgehead atoms. The van der Waals surface area contributed by atoms with Gasteiger partial charge in [-0.3, -0.25) is 14.5 Å². The molecule has 0 saturated carbocycles. The van der Waals surface area contributed by atoms with Crippen molar-refractivity contribution in [2.45, 2.75) is 50.6 Å². The van der Waals surface area contributed by atoms with Gasteiger partial charge in [0, 0.05) is 33.3 Å². The molecule has 0 radical (unpaired) electrons. The van der Waals surface area contributed by atoms with Gasteiger partial charge in [0.25, 0.3) is 0 Å². The standard InChI is InChI=1S/C24H36FN3O3/c1-26-13-5-4-6-21(26)24(30)28-14-11-19(12-15-28)22(27(2)23(29)17-31-3)16-18-7-9-20(25)10-8-18/h7-10,19,21-22H,4-6,11-17H2,1-3H3. The third-order valence-electron chi connectivity index (χ3n) is 6.97. The molecular formula is C24H36FN3O3. The molecule has 0 spiro atoms. The van der Waals surface area contributed by atoms with E-state index in [1.54, 1.807) is 17.0 Å². The number of halogens is 1. The minimum absolute atomic E-state index is 0.00580. The van der Waals surface area contributed by atoms with Crippen molar-refractivity contribution in [3.63, 3.8) is 0 Å². The lowest BCUT2D eigenvalue weighted by Crippen LogP contribution is -2.53. The monoisotopic (exact) mass is 433 g/mol. The number of hydrogen-bond donors (Lipinski definition) is 0. The predicted molar refractivity (Wildman–Crippen MR) is 118 cm³/mol. The molecule has 7 heteroatoms. The molecule has 2 amide bonds. The summed E-state index contributed by atoms with van der Waals surface area (Å²) in [5, 5.41) is 0. The van der Waals surface area contributed by atoms with Crippen LogP contribution in [-0.2, 0) is 20.7 Å². The molecule has 2 heterocycles. The summed E-state index contributed by atoms with van der Waals surface area (Å²) in [5.74, 6) is 0.212. The Labute approximate surface area is 185 Å². The first kappa shape index (κ1) is 23.7. The molecule has 2 unspecified atom stereocenters. The van der Waals surface area contributed by atoms with Crippen molar-refractivity contribution in [2.75, 3.05) is 47.4 Å². The summed E-state index contributed by atoms with van der Waals surface area (Å²) in [7, 11) is 5.39. The van der Waals surface area contributed by atoms with Gasteiger partial charge < -0.3 is 14.5 Å². The van der Waals surface area contributed by atoms with Crippen LogP contribution < -0.4 is 0 Å². The first-order chi connectivity index (χ1) is 14.9. The Hall–Kier alpha value is -1.99. The summed E-state index contributed by atoms with van der Waals surface area (Å²) >= 11 is 0. The fraction of sp³-hybridized carbons (Fsp3) is 0.667. The number of nitrogens with zero attached hydrogens (tertiary/aromatic N) is 3. The van der Waals surface area contributed by atoms with Gasteiger partial charge in [-0.05, 0) is 69.3 Å². The lowest BCUT2D eigenvalue weighted by Gasteiger charge is -2.42. The smallest absolute Gasteiger partial charge is 0.248 e. The van der Waals surface area contributed by atoms with Crippen LogP contribution in [0.25, 0.3) is 0 Å². The molecule has 2 fully saturated rings. The van der Waals surface area contributed by atoms with E-state index in [9.17, 15) is 14.0 Å². The highest BCUT2D eigenvalue weighted by Crippen LogP contribution is 2.28.